The average Bonchev–Trinajstić information content (AvgIpc) is 3.00. The van der Waals surface area contributed by atoms with Crippen molar-refractivity contribution in [3.63, 3.8) is 0 Å². The minimum absolute atomic E-state index is 0. The summed E-state index contributed by atoms with van der Waals surface area (Å²) in [7, 11) is 0. The Labute approximate surface area is 184 Å². The van der Waals surface area contributed by atoms with E-state index < -0.39 is 23.2 Å². The van der Waals surface area contributed by atoms with Crippen molar-refractivity contribution in [3.8, 4) is 0 Å². The molecule has 0 N–H and O–H groups in total. The third-order valence-electron chi connectivity index (χ3n) is 6.46. The summed E-state index contributed by atoms with van der Waals surface area (Å²) in [5.41, 5.74) is 11.3. The van der Waals surface area contributed by atoms with Crippen molar-refractivity contribution in [1.29, 1.82) is 0 Å². The Morgan fingerprint density at radius 2 is 1.54 bits per heavy atom. The van der Waals surface area contributed by atoms with Crippen molar-refractivity contribution in [3.05, 3.63) is 63.3 Å². The van der Waals surface area contributed by atoms with Crippen LogP contribution in [0.4, 0.5) is 0 Å². The first-order valence-corrected chi connectivity index (χ1v) is 12.0. The first-order chi connectivity index (χ1) is 11.4. The normalized spacial score (nSPS) is 20.2. The van der Waals surface area contributed by atoms with Gasteiger partial charge in [0.15, 0.2) is 0 Å². The topological polar surface area (TPSA) is 0 Å². The largest absolute Gasteiger partial charge is 1.00 e. The van der Waals surface area contributed by atoms with E-state index in [1.165, 1.54) is 24.8 Å². The molecule has 0 amide bonds. The van der Waals surface area contributed by atoms with Gasteiger partial charge in [-0.2, -0.15) is 0 Å². The maximum atomic E-state index is 2.54. The monoisotopic (exact) mass is 466 g/mol. The number of benzene rings is 1. The average molecular weight is 469 g/mol. The van der Waals surface area contributed by atoms with Gasteiger partial charge in [-0.25, -0.2) is 0 Å². The third kappa shape index (κ3) is 4.01. The van der Waals surface area contributed by atoms with E-state index in [9.17, 15) is 0 Å². The summed E-state index contributed by atoms with van der Waals surface area (Å²) in [5, 5.41) is 0. The molecule has 0 radical (unpaired) electrons. The number of hydrogen-bond acceptors (Lipinski definition) is 0. The Balaban J connectivity index is 0.00000169. The predicted molar refractivity (Wildman–Crippen MR) is 102 cm³/mol. The number of unbranched alkanes of at least 4 members (excludes halogenated alkanes) is 1. The van der Waals surface area contributed by atoms with Gasteiger partial charge in [-0.3, -0.25) is 0 Å². The van der Waals surface area contributed by atoms with Gasteiger partial charge in [-0.05, 0) is 0 Å². The standard InChI is InChI=1S/C13H15.C10H15.2ClH.Zr/c1-2-3-6-11-9-12-7-4-5-8-13(12)10-11;1-6-7(2)9(4)10(5)8(6)3;;;/h4-5,7-10H,2-3,6H2,1H3;1-5H3;2*1H;/q;;;;+2/p-2. The maximum Gasteiger partial charge on any atom is -1.00 e. The van der Waals surface area contributed by atoms with Crippen LogP contribution in [0.3, 0.4) is 0 Å². The van der Waals surface area contributed by atoms with E-state index in [1.54, 1.807) is 33.4 Å². The van der Waals surface area contributed by atoms with E-state index in [4.69, 9.17) is 0 Å². The molecule has 1 aromatic rings. The molecule has 0 aromatic heterocycles. The van der Waals surface area contributed by atoms with E-state index in [-0.39, 0.29) is 24.8 Å². The molecule has 3 rings (SSSR count). The molecule has 1 atom stereocenters. The molecule has 26 heavy (non-hydrogen) atoms. The van der Waals surface area contributed by atoms with Crippen LogP contribution in [0.25, 0.3) is 6.08 Å². The quantitative estimate of drug-likeness (QED) is 0.611. The van der Waals surface area contributed by atoms with Gasteiger partial charge >= 0.3 is 160 Å². The van der Waals surface area contributed by atoms with E-state index in [1.807, 2.05) is 0 Å². The number of allylic oxidation sites excluding steroid dienone is 5. The molecule has 2 aliphatic carbocycles. The van der Waals surface area contributed by atoms with Crippen LogP contribution < -0.4 is 24.8 Å². The van der Waals surface area contributed by atoms with Gasteiger partial charge < -0.3 is 24.8 Å². The first kappa shape index (κ1) is 23.9. The van der Waals surface area contributed by atoms with Gasteiger partial charge in [-0.15, -0.1) is 0 Å². The van der Waals surface area contributed by atoms with Crippen molar-refractivity contribution in [2.45, 2.75) is 67.6 Å². The zero-order valence-electron chi connectivity index (χ0n) is 16.8. The van der Waals surface area contributed by atoms with Crippen LogP contribution in [0, 0.1) is 0 Å². The van der Waals surface area contributed by atoms with Crippen LogP contribution in [-0.4, -0.2) is 0 Å². The summed E-state index contributed by atoms with van der Waals surface area (Å²) in [4.78, 5) is 0. The molecule has 0 nitrogen and oxygen atoms in total. The van der Waals surface area contributed by atoms with Gasteiger partial charge in [0.2, 0.25) is 0 Å². The molecule has 0 saturated heterocycles. The third-order valence-corrected chi connectivity index (χ3v) is 12.1. The van der Waals surface area contributed by atoms with E-state index in [0.717, 1.165) is 3.63 Å². The molecule has 0 spiro atoms. The molecule has 2 aliphatic rings. The van der Waals surface area contributed by atoms with Crippen LogP contribution in [-0.2, 0) is 23.2 Å². The van der Waals surface area contributed by atoms with Gasteiger partial charge in [0.25, 0.3) is 0 Å². The number of fused-ring (bicyclic) bond motifs is 1. The van der Waals surface area contributed by atoms with Gasteiger partial charge in [0, 0.05) is 0 Å². The van der Waals surface area contributed by atoms with Gasteiger partial charge in [0.1, 0.15) is 0 Å². The Morgan fingerprint density at radius 3 is 2.12 bits per heavy atom. The predicted octanol–water partition coefficient (Wildman–Crippen LogP) is 1.27. The van der Waals surface area contributed by atoms with Crippen molar-refractivity contribution in [2.75, 3.05) is 0 Å². The molecule has 140 valence electrons. The molecule has 0 fully saturated rings. The maximum absolute atomic E-state index is 2.54. The van der Waals surface area contributed by atoms with Crippen molar-refractivity contribution in [2.24, 2.45) is 0 Å². The fraction of sp³-hybridized carbons (Fsp3) is 0.478. The fourth-order valence-corrected chi connectivity index (χ4v) is 9.70. The van der Waals surface area contributed by atoms with E-state index in [2.05, 4.69) is 71.9 Å². The minimum Gasteiger partial charge on any atom is -1.00 e. The second-order valence-electron chi connectivity index (χ2n) is 7.65. The second-order valence-corrected chi connectivity index (χ2v) is 12.2. The fourth-order valence-electron chi connectivity index (χ4n) is 4.25. The molecule has 0 heterocycles. The number of rotatable bonds is 5. The molecule has 0 saturated carbocycles. The zero-order valence-corrected chi connectivity index (χ0v) is 20.8. The molecular weight excluding hydrogens is 438 g/mol. The number of hydrogen-bond donors (Lipinski definition) is 0. The van der Waals surface area contributed by atoms with Crippen LogP contribution in [0.1, 0.15) is 75.6 Å². The number of halogens is 2. The SMILES string of the molecule is CCCCC1=Cc2ccccc2[CH]1[Zr+2][C]1(C)C(C)=C(C)C(C)=C1C.[Cl-].[Cl-]. The summed E-state index contributed by atoms with van der Waals surface area (Å²) < 4.78 is 1.13. The Kier molecular flexibility index (Phi) is 8.66. The summed E-state index contributed by atoms with van der Waals surface area (Å²) in [5.74, 6) is 0. The van der Waals surface area contributed by atoms with Crippen LogP contribution in [0.2, 0.25) is 3.12 Å². The van der Waals surface area contributed by atoms with E-state index >= 15 is 0 Å². The molecule has 0 bridgehead atoms. The van der Waals surface area contributed by atoms with Crippen molar-refractivity contribution in [1.82, 2.24) is 0 Å². The molecule has 3 heteroatoms. The first-order valence-electron chi connectivity index (χ1n) is 9.33. The Morgan fingerprint density at radius 1 is 0.962 bits per heavy atom. The Bertz CT molecular complexity index is 731. The van der Waals surface area contributed by atoms with Crippen molar-refractivity contribution >= 4 is 6.08 Å². The van der Waals surface area contributed by atoms with Crippen molar-refractivity contribution < 1.29 is 48.0 Å². The van der Waals surface area contributed by atoms with Crippen LogP contribution in [0.15, 0.2) is 52.1 Å². The minimum atomic E-state index is -0.711. The summed E-state index contributed by atoms with van der Waals surface area (Å²) in [6, 6.07) is 9.15. The zero-order chi connectivity index (χ0) is 17.5. The second kappa shape index (κ2) is 9.40. The van der Waals surface area contributed by atoms with Gasteiger partial charge in [0.05, 0.1) is 0 Å². The Hall–Kier alpha value is -0.0969. The molecule has 1 aromatic carbocycles. The molecule has 0 aliphatic heterocycles. The van der Waals surface area contributed by atoms with Crippen LogP contribution in [0.5, 0.6) is 0 Å². The van der Waals surface area contributed by atoms with Gasteiger partial charge in [-0.1, -0.05) is 0 Å². The molecule has 1 unspecified atom stereocenters. The molecular formula is C23H30Cl2Zr. The summed E-state index contributed by atoms with van der Waals surface area (Å²) in [6.07, 6.45) is 6.43. The van der Waals surface area contributed by atoms with Crippen LogP contribution >= 0.6 is 0 Å². The summed E-state index contributed by atoms with van der Waals surface area (Å²) in [6.45, 7) is 14.3. The van der Waals surface area contributed by atoms with E-state index in [0.29, 0.717) is 3.12 Å². The smallest absolute Gasteiger partial charge is 1.00 e. The summed E-state index contributed by atoms with van der Waals surface area (Å²) >= 11 is -0.711.